The monoisotopic (exact) mass is 201 g/mol. The average Bonchev–Trinajstić information content (AvgIpc) is 2.74. The Morgan fingerprint density at radius 3 is 3.20 bits per heavy atom. The molecule has 3 heterocycles. The van der Waals surface area contributed by atoms with Crippen LogP contribution >= 0.6 is 0 Å². The Morgan fingerprint density at radius 2 is 2.40 bits per heavy atom. The lowest BCUT2D eigenvalue weighted by Gasteiger charge is -2.12. The Bertz CT molecular complexity index is 440. The highest BCUT2D eigenvalue weighted by Gasteiger charge is 2.12. The molecule has 0 aromatic carbocycles. The highest BCUT2D eigenvalue weighted by Crippen LogP contribution is 2.19. The Hall–Kier alpha value is -1.68. The minimum atomic E-state index is 0.660. The van der Waals surface area contributed by atoms with E-state index in [0.29, 0.717) is 6.61 Å². The number of ether oxygens (including phenoxy) is 1. The molecular weight excluding hydrogens is 190 g/mol. The molecule has 1 aliphatic heterocycles. The largest absolute Gasteiger partial charge is 0.373 e. The Balaban J connectivity index is 2.03. The van der Waals surface area contributed by atoms with E-state index in [4.69, 9.17) is 4.74 Å². The second-order valence-electron chi connectivity index (χ2n) is 3.54. The minimum absolute atomic E-state index is 0.660. The van der Waals surface area contributed by atoms with E-state index in [1.807, 2.05) is 23.0 Å². The summed E-state index contributed by atoms with van der Waals surface area (Å²) in [6.07, 6.45) is 3.60. The smallest absolute Gasteiger partial charge is 0.0942 e. The van der Waals surface area contributed by atoms with E-state index < -0.39 is 0 Å². The number of aromatic nitrogens is 3. The van der Waals surface area contributed by atoms with Crippen LogP contribution in [0.4, 0.5) is 0 Å². The molecule has 0 spiro atoms. The van der Waals surface area contributed by atoms with Crippen molar-refractivity contribution in [3.63, 3.8) is 0 Å². The average molecular weight is 201 g/mol. The van der Waals surface area contributed by atoms with Crippen molar-refractivity contribution in [3.05, 3.63) is 36.3 Å². The summed E-state index contributed by atoms with van der Waals surface area (Å²) in [6, 6.07) is 6.00. The second kappa shape index (κ2) is 3.47. The van der Waals surface area contributed by atoms with Crippen molar-refractivity contribution in [1.82, 2.24) is 14.8 Å². The van der Waals surface area contributed by atoms with E-state index in [-0.39, 0.29) is 0 Å². The predicted octanol–water partition coefficient (Wildman–Crippen LogP) is 1.48. The quantitative estimate of drug-likeness (QED) is 0.701. The SMILES string of the molecule is c1cncc(-c2cc3n(n2)CCOC3)c1. The van der Waals surface area contributed by atoms with E-state index in [2.05, 4.69) is 16.1 Å². The first kappa shape index (κ1) is 8.61. The van der Waals surface area contributed by atoms with Gasteiger partial charge in [-0.2, -0.15) is 5.10 Å². The molecule has 0 saturated heterocycles. The van der Waals surface area contributed by atoms with Gasteiger partial charge in [0.1, 0.15) is 0 Å². The van der Waals surface area contributed by atoms with Crippen LogP contribution in [0, 0.1) is 0 Å². The zero-order valence-corrected chi connectivity index (χ0v) is 8.26. The van der Waals surface area contributed by atoms with Crippen LogP contribution in [0.25, 0.3) is 11.3 Å². The molecular formula is C11H11N3O. The van der Waals surface area contributed by atoms with Gasteiger partial charge in [0, 0.05) is 18.0 Å². The lowest BCUT2D eigenvalue weighted by molar-refractivity contribution is 0.0801. The maximum Gasteiger partial charge on any atom is 0.0942 e. The van der Waals surface area contributed by atoms with Gasteiger partial charge in [0.05, 0.1) is 31.1 Å². The van der Waals surface area contributed by atoms with Gasteiger partial charge in [-0.05, 0) is 18.2 Å². The summed E-state index contributed by atoms with van der Waals surface area (Å²) in [6.45, 7) is 2.25. The molecule has 0 amide bonds. The van der Waals surface area contributed by atoms with Crippen LogP contribution in [0.2, 0.25) is 0 Å². The minimum Gasteiger partial charge on any atom is -0.373 e. The Morgan fingerprint density at radius 1 is 1.40 bits per heavy atom. The highest BCUT2D eigenvalue weighted by atomic mass is 16.5. The number of hydrogen-bond acceptors (Lipinski definition) is 3. The number of pyridine rings is 1. The van der Waals surface area contributed by atoms with Gasteiger partial charge in [-0.15, -0.1) is 0 Å². The maximum absolute atomic E-state index is 5.37. The van der Waals surface area contributed by atoms with E-state index in [9.17, 15) is 0 Å². The molecule has 0 N–H and O–H groups in total. The first-order valence-electron chi connectivity index (χ1n) is 4.98. The third-order valence-electron chi connectivity index (χ3n) is 2.52. The summed E-state index contributed by atoms with van der Waals surface area (Å²) in [5.41, 5.74) is 3.17. The molecule has 0 saturated carbocycles. The highest BCUT2D eigenvalue weighted by molar-refractivity contribution is 5.57. The van der Waals surface area contributed by atoms with Crippen LogP contribution < -0.4 is 0 Å². The van der Waals surface area contributed by atoms with E-state index in [1.165, 1.54) is 0 Å². The van der Waals surface area contributed by atoms with Crippen LogP contribution in [-0.2, 0) is 17.9 Å². The molecule has 15 heavy (non-hydrogen) atoms. The van der Waals surface area contributed by atoms with Gasteiger partial charge in [0.25, 0.3) is 0 Å². The zero-order valence-electron chi connectivity index (χ0n) is 8.26. The summed E-state index contributed by atoms with van der Waals surface area (Å²) in [5.74, 6) is 0. The van der Waals surface area contributed by atoms with Crippen molar-refractivity contribution in [1.29, 1.82) is 0 Å². The lowest BCUT2D eigenvalue weighted by atomic mass is 10.2. The zero-order chi connectivity index (χ0) is 10.1. The molecule has 2 aromatic heterocycles. The molecule has 1 aliphatic rings. The molecule has 4 nitrogen and oxygen atoms in total. The van der Waals surface area contributed by atoms with Crippen LogP contribution in [0.1, 0.15) is 5.69 Å². The van der Waals surface area contributed by atoms with Gasteiger partial charge in [-0.25, -0.2) is 0 Å². The van der Waals surface area contributed by atoms with E-state index in [1.54, 1.807) is 6.20 Å². The molecule has 0 radical (unpaired) electrons. The topological polar surface area (TPSA) is 39.9 Å². The number of hydrogen-bond donors (Lipinski definition) is 0. The van der Waals surface area contributed by atoms with E-state index in [0.717, 1.165) is 30.1 Å². The first-order chi connectivity index (χ1) is 7.43. The van der Waals surface area contributed by atoms with Crippen molar-refractivity contribution in [3.8, 4) is 11.3 Å². The molecule has 0 fully saturated rings. The summed E-state index contributed by atoms with van der Waals surface area (Å²) in [7, 11) is 0. The standard InChI is InChI=1S/C11H11N3O/c1-2-9(7-12-3-1)11-6-10-8-15-5-4-14(10)13-11/h1-3,6-7H,4-5,8H2. The van der Waals surface area contributed by atoms with Gasteiger partial charge in [-0.3, -0.25) is 9.67 Å². The van der Waals surface area contributed by atoms with Gasteiger partial charge in [0.15, 0.2) is 0 Å². The van der Waals surface area contributed by atoms with Crippen molar-refractivity contribution >= 4 is 0 Å². The Labute approximate surface area is 87.5 Å². The van der Waals surface area contributed by atoms with Gasteiger partial charge in [0.2, 0.25) is 0 Å². The third-order valence-corrected chi connectivity index (χ3v) is 2.52. The summed E-state index contributed by atoms with van der Waals surface area (Å²) >= 11 is 0. The second-order valence-corrected chi connectivity index (χ2v) is 3.54. The lowest BCUT2D eigenvalue weighted by Crippen LogP contribution is -2.16. The van der Waals surface area contributed by atoms with Gasteiger partial charge in [-0.1, -0.05) is 0 Å². The molecule has 3 rings (SSSR count). The summed E-state index contributed by atoms with van der Waals surface area (Å²) in [5, 5.41) is 4.52. The molecule has 0 bridgehead atoms. The van der Waals surface area contributed by atoms with Crippen molar-refractivity contribution in [2.75, 3.05) is 6.61 Å². The molecule has 0 atom stereocenters. The Kier molecular flexibility index (Phi) is 1.99. The van der Waals surface area contributed by atoms with Crippen molar-refractivity contribution < 1.29 is 4.74 Å². The third kappa shape index (κ3) is 1.53. The first-order valence-corrected chi connectivity index (χ1v) is 4.98. The fraction of sp³-hybridized carbons (Fsp3) is 0.273. The van der Waals surface area contributed by atoms with Crippen LogP contribution in [0.5, 0.6) is 0 Å². The molecule has 4 heteroatoms. The van der Waals surface area contributed by atoms with Crippen LogP contribution in [0.3, 0.4) is 0 Å². The summed E-state index contributed by atoms with van der Waals surface area (Å²) < 4.78 is 7.37. The van der Waals surface area contributed by atoms with E-state index >= 15 is 0 Å². The maximum atomic E-state index is 5.37. The fourth-order valence-corrected chi connectivity index (χ4v) is 1.75. The number of nitrogens with zero attached hydrogens (tertiary/aromatic N) is 3. The van der Waals surface area contributed by atoms with Crippen molar-refractivity contribution in [2.45, 2.75) is 13.2 Å². The van der Waals surface area contributed by atoms with Crippen LogP contribution in [-0.4, -0.2) is 21.4 Å². The van der Waals surface area contributed by atoms with Gasteiger partial charge >= 0.3 is 0 Å². The number of rotatable bonds is 1. The summed E-state index contributed by atoms with van der Waals surface area (Å²) in [4.78, 5) is 4.09. The van der Waals surface area contributed by atoms with Gasteiger partial charge < -0.3 is 4.74 Å². The molecule has 0 unspecified atom stereocenters. The molecule has 76 valence electrons. The molecule has 0 aliphatic carbocycles. The normalized spacial score (nSPS) is 14.9. The molecule has 2 aromatic rings. The number of fused-ring (bicyclic) bond motifs is 1. The van der Waals surface area contributed by atoms with Crippen LogP contribution in [0.15, 0.2) is 30.6 Å². The predicted molar refractivity (Wildman–Crippen MR) is 55.1 cm³/mol. The van der Waals surface area contributed by atoms with Crippen molar-refractivity contribution in [2.24, 2.45) is 0 Å². The fourth-order valence-electron chi connectivity index (χ4n) is 1.75.